The van der Waals surface area contributed by atoms with Gasteiger partial charge in [-0.3, -0.25) is 0 Å². The molecule has 0 fully saturated rings. The molecular formula is C14H18N2OSn. The molecule has 0 unspecified atom stereocenters. The number of benzene rings is 1. The van der Waals surface area contributed by atoms with Crippen molar-refractivity contribution in [1.82, 2.24) is 9.97 Å². The van der Waals surface area contributed by atoms with E-state index in [-0.39, 0.29) is 0 Å². The molecule has 0 N–H and O–H groups in total. The summed E-state index contributed by atoms with van der Waals surface area (Å²) in [6.45, 7) is 0. The average Bonchev–Trinajstić information content (AvgIpc) is 2.38. The van der Waals surface area contributed by atoms with Crippen LogP contribution < -0.4 is 8.45 Å². The molecule has 0 bridgehead atoms. The number of methoxy groups -OCH3 is 1. The number of aromatic nitrogens is 2. The third kappa shape index (κ3) is 3.01. The van der Waals surface area contributed by atoms with E-state index in [4.69, 9.17) is 9.72 Å². The van der Waals surface area contributed by atoms with Gasteiger partial charge in [0.1, 0.15) is 0 Å². The van der Waals surface area contributed by atoms with E-state index in [1.54, 1.807) is 7.11 Å². The first-order valence-electron chi connectivity index (χ1n) is 5.98. The van der Waals surface area contributed by atoms with Crippen LogP contribution in [0.4, 0.5) is 0 Å². The number of hydrogen-bond acceptors (Lipinski definition) is 3. The molecule has 3 nitrogen and oxygen atoms in total. The molecule has 0 atom stereocenters. The van der Waals surface area contributed by atoms with Crippen LogP contribution >= 0.6 is 0 Å². The Balaban J connectivity index is 2.44. The van der Waals surface area contributed by atoms with Crippen molar-refractivity contribution in [3.63, 3.8) is 0 Å². The Morgan fingerprint density at radius 1 is 1.11 bits per heavy atom. The van der Waals surface area contributed by atoms with Gasteiger partial charge in [0, 0.05) is 0 Å². The predicted molar refractivity (Wildman–Crippen MR) is 77.0 cm³/mol. The van der Waals surface area contributed by atoms with Crippen LogP contribution in [0.2, 0.25) is 14.8 Å². The van der Waals surface area contributed by atoms with Gasteiger partial charge in [0.15, 0.2) is 0 Å². The van der Waals surface area contributed by atoms with Gasteiger partial charge in [0.2, 0.25) is 0 Å². The van der Waals surface area contributed by atoms with E-state index in [0.717, 1.165) is 17.1 Å². The number of ether oxygens (including phenoxy) is 1. The average molecular weight is 349 g/mol. The molecule has 1 aromatic carbocycles. The Morgan fingerprint density at radius 3 is 2.56 bits per heavy atom. The molecule has 0 amide bonds. The molecule has 2 rings (SSSR count). The van der Waals surface area contributed by atoms with E-state index in [9.17, 15) is 0 Å². The summed E-state index contributed by atoms with van der Waals surface area (Å²) in [4.78, 5) is 16.1. The Labute approximate surface area is 112 Å². The first kappa shape index (κ1) is 13.3. The Hall–Kier alpha value is -1.10. The number of rotatable bonds is 3. The van der Waals surface area contributed by atoms with E-state index in [1.165, 1.54) is 3.71 Å². The maximum atomic E-state index is 5.23. The molecule has 1 aromatic heterocycles. The zero-order valence-corrected chi connectivity index (χ0v) is 14.1. The van der Waals surface area contributed by atoms with Gasteiger partial charge >= 0.3 is 112 Å². The van der Waals surface area contributed by atoms with Gasteiger partial charge in [-0.25, -0.2) is 0 Å². The molecule has 0 saturated carbocycles. The summed E-state index contributed by atoms with van der Waals surface area (Å²) < 4.78 is 6.48. The van der Waals surface area contributed by atoms with Gasteiger partial charge in [-0.1, -0.05) is 0 Å². The third-order valence-electron chi connectivity index (χ3n) is 2.75. The Bertz CT molecular complexity index is 549. The molecule has 0 saturated heterocycles. The van der Waals surface area contributed by atoms with E-state index in [0.29, 0.717) is 0 Å². The van der Waals surface area contributed by atoms with E-state index in [1.807, 2.05) is 30.5 Å². The second-order valence-electron chi connectivity index (χ2n) is 5.25. The monoisotopic (exact) mass is 350 g/mol. The zero-order valence-electron chi connectivity index (χ0n) is 11.3. The number of hydrogen-bond donors (Lipinski definition) is 0. The Morgan fingerprint density at radius 2 is 1.89 bits per heavy atom. The SMILES string of the molecule is COc1cccc(-c2ncc[c]([Sn]([CH3])([CH3])[CH3])n2)c1. The van der Waals surface area contributed by atoms with Crippen LogP contribution in [0.25, 0.3) is 11.4 Å². The molecule has 0 aliphatic carbocycles. The second kappa shape index (κ2) is 5.26. The van der Waals surface area contributed by atoms with Crippen molar-refractivity contribution in [1.29, 1.82) is 0 Å². The van der Waals surface area contributed by atoms with Crippen molar-refractivity contribution >= 4 is 22.1 Å². The van der Waals surface area contributed by atoms with E-state index < -0.39 is 18.4 Å². The summed E-state index contributed by atoms with van der Waals surface area (Å²) in [5, 5.41) is 0. The molecule has 18 heavy (non-hydrogen) atoms. The van der Waals surface area contributed by atoms with Crippen molar-refractivity contribution < 1.29 is 4.74 Å². The maximum absolute atomic E-state index is 5.23. The van der Waals surface area contributed by atoms with Gasteiger partial charge in [-0.05, 0) is 0 Å². The van der Waals surface area contributed by atoms with Crippen LogP contribution in [-0.2, 0) is 0 Å². The summed E-state index contributed by atoms with van der Waals surface area (Å²) >= 11 is -2.13. The molecule has 0 aliphatic rings. The predicted octanol–water partition coefficient (Wildman–Crippen LogP) is 2.70. The fourth-order valence-electron chi connectivity index (χ4n) is 1.68. The Kier molecular flexibility index (Phi) is 3.90. The van der Waals surface area contributed by atoms with Gasteiger partial charge in [-0.15, -0.1) is 0 Å². The van der Waals surface area contributed by atoms with Crippen LogP contribution in [0, 0.1) is 0 Å². The summed E-state index contributed by atoms with van der Waals surface area (Å²) in [6, 6.07) is 9.93. The van der Waals surface area contributed by atoms with E-state index >= 15 is 0 Å². The van der Waals surface area contributed by atoms with Gasteiger partial charge in [-0.2, -0.15) is 0 Å². The minimum absolute atomic E-state index is 0.790. The fourth-order valence-corrected chi connectivity index (χ4v) is 4.58. The van der Waals surface area contributed by atoms with Gasteiger partial charge in [0.05, 0.1) is 0 Å². The first-order valence-corrected chi connectivity index (χ1v) is 16.0. The van der Waals surface area contributed by atoms with Crippen molar-refractivity contribution in [2.75, 3.05) is 7.11 Å². The topological polar surface area (TPSA) is 35.0 Å². The quantitative estimate of drug-likeness (QED) is 0.800. The van der Waals surface area contributed by atoms with Gasteiger partial charge in [0.25, 0.3) is 0 Å². The van der Waals surface area contributed by atoms with E-state index in [2.05, 4.69) is 25.9 Å². The van der Waals surface area contributed by atoms with Crippen molar-refractivity contribution in [3.8, 4) is 17.1 Å². The van der Waals surface area contributed by atoms with Crippen LogP contribution in [-0.4, -0.2) is 35.5 Å². The van der Waals surface area contributed by atoms with Crippen LogP contribution in [0.15, 0.2) is 36.5 Å². The molecule has 0 aliphatic heterocycles. The summed E-state index contributed by atoms with van der Waals surface area (Å²) in [7, 11) is 1.67. The van der Waals surface area contributed by atoms with Crippen LogP contribution in [0.5, 0.6) is 5.75 Å². The number of nitrogens with zero attached hydrogens (tertiary/aromatic N) is 2. The van der Waals surface area contributed by atoms with Crippen molar-refractivity contribution in [2.45, 2.75) is 14.8 Å². The normalized spacial score (nSPS) is 11.3. The summed E-state index contributed by atoms with van der Waals surface area (Å²) in [5.74, 6) is 1.62. The second-order valence-corrected chi connectivity index (χ2v) is 19.6. The molecule has 94 valence electrons. The zero-order chi connectivity index (χ0) is 13.2. The minimum atomic E-state index is -2.13. The standard InChI is InChI=1S/C11H9N2O.3CH3.Sn/c1-14-10-5-2-4-9(8-10)11-12-6-3-7-13-11;;;;/h2-6,8H,1H3;3*1H3;. The molecule has 2 aromatic rings. The molecule has 4 heteroatoms. The third-order valence-corrected chi connectivity index (χ3v) is 7.93. The molecule has 0 spiro atoms. The first-order chi connectivity index (χ1) is 8.50. The summed E-state index contributed by atoms with van der Waals surface area (Å²) in [5.41, 5.74) is 1.01. The van der Waals surface area contributed by atoms with Crippen molar-refractivity contribution in [3.05, 3.63) is 36.5 Å². The molecule has 1 heterocycles. The van der Waals surface area contributed by atoms with Gasteiger partial charge < -0.3 is 0 Å². The summed E-state index contributed by atoms with van der Waals surface area (Å²) in [6.07, 6.45) is 1.86. The van der Waals surface area contributed by atoms with Crippen LogP contribution in [0.1, 0.15) is 0 Å². The molecule has 0 radical (unpaired) electrons. The molecular weight excluding hydrogens is 331 g/mol. The van der Waals surface area contributed by atoms with Crippen molar-refractivity contribution in [2.24, 2.45) is 0 Å². The fraction of sp³-hybridized carbons (Fsp3) is 0.286. The van der Waals surface area contributed by atoms with Crippen LogP contribution in [0.3, 0.4) is 0 Å².